The Morgan fingerprint density at radius 1 is 1.14 bits per heavy atom. The number of nitrogens with zero attached hydrogens (tertiary/aromatic N) is 1. The molecule has 1 N–H and O–H groups in total. The van der Waals surface area contributed by atoms with E-state index in [4.69, 9.17) is 9.57 Å². The number of hydrogen-bond acceptors (Lipinski definition) is 5. The summed E-state index contributed by atoms with van der Waals surface area (Å²) in [6.07, 6.45) is 0. The van der Waals surface area contributed by atoms with Gasteiger partial charge in [-0.2, -0.15) is 5.06 Å². The zero-order valence-corrected chi connectivity index (χ0v) is 17.6. The molecular formula is C21H28N2O4S. The van der Waals surface area contributed by atoms with Gasteiger partial charge in [-0.15, -0.1) is 0 Å². The molecule has 0 bridgehead atoms. The number of rotatable bonds is 6. The Kier molecular flexibility index (Phi) is 6.09. The molecule has 2 aromatic carbocycles. The summed E-state index contributed by atoms with van der Waals surface area (Å²) in [4.78, 5) is 5.58. The minimum absolute atomic E-state index is 0.113. The van der Waals surface area contributed by atoms with E-state index >= 15 is 0 Å². The van der Waals surface area contributed by atoms with Crippen LogP contribution in [0.25, 0.3) is 0 Å². The van der Waals surface area contributed by atoms with Crippen LogP contribution in [-0.4, -0.2) is 37.9 Å². The highest BCUT2D eigenvalue weighted by Gasteiger charge is 2.44. The summed E-state index contributed by atoms with van der Waals surface area (Å²) in [7, 11) is -1.81. The molecule has 0 spiro atoms. The van der Waals surface area contributed by atoms with Crippen molar-refractivity contribution in [2.45, 2.75) is 44.2 Å². The van der Waals surface area contributed by atoms with E-state index in [1.165, 1.54) is 0 Å². The van der Waals surface area contributed by atoms with Gasteiger partial charge >= 0.3 is 0 Å². The van der Waals surface area contributed by atoms with Crippen molar-refractivity contribution in [1.29, 1.82) is 0 Å². The monoisotopic (exact) mass is 404 g/mol. The molecule has 0 amide bonds. The molecule has 152 valence electrons. The van der Waals surface area contributed by atoms with Crippen LogP contribution in [0.3, 0.4) is 0 Å². The van der Waals surface area contributed by atoms with Gasteiger partial charge < -0.3 is 4.74 Å². The first-order valence-corrected chi connectivity index (χ1v) is 10.9. The van der Waals surface area contributed by atoms with E-state index in [2.05, 4.69) is 4.72 Å². The fourth-order valence-corrected chi connectivity index (χ4v) is 5.23. The van der Waals surface area contributed by atoms with Crippen LogP contribution in [0.15, 0.2) is 54.6 Å². The second kappa shape index (κ2) is 8.21. The SMILES string of the molecule is CN1OC[C@@H](S(=O)(=O)NC(C)(C)C)[C@@H]1c1cccc(OCc2ccccc2)c1. The largest absolute Gasteiger partial charge is 0.489 e. The molecule has 0 aromatic heterocycles. The molecule has 2 atom stereocenters. The van der Waals surface area contributed by atoms with Crippen LogP contribution in [0.2, 0.25) is 0 Å². The molecule has 0 unspecified atom stereocenters. The number of hydrogen-bond donors (Lipinski definition) is 1. The molecule has 1 aliphatic rings. The lowest BCUT2D eigenvalue weighted by molar-refractivity contribution is -0.110. The number of hydroxylamine groups is 2. The number of ether oxygens (including phenoxy) is 1. The maximum atomic E-state index is 12.9. The zero-order valence-electron chi connectivity index (χ0n) is 16.8. The fraction of sp³-hybridized carbons (Fsp3) is 0.429. The van der Waals surface area contributed by atoms with E-state index < -0.39 is 26.9 Å². The van der Waals surface area contributed by atoms with E-state index in [1.807, 2.05) is 75.4 Å². The molecule has 0 radical (unpaired) electrons. The molecule has 6 nitrogen and oxygen atoms in total. The summed E-state index contributed by atoms with van der Waals surface area (Å²) in [5.41, 5.74) is 1.37. The molecular weight excluding hydrogens is 376 g/mol. The quantitative estimate of drug-likeness (QED) is 0.800. The van der Waals surface area contributed by atoms with Gasteiger partial charge in [0.15, 0.2) is 0 Å². The highest BCUT2D eigenvalue weighted by Crippen LogP contribution is 2.35. The highest BCUT2D eigenvalue weighted by molar-refractivity contribution is 7.90. The standard InChI is InChI=1S/C21H28N2O4S/c1-21(2,3)22-28(24,25)19-15-27-23(4)20(19)17-11-8-12-18(13-17)26-14-16-9-6-5-7-10-16/h5-13,19-20,22H,14-15H2,1-4H3/t19-,20+/m1/s1. The smallest absolute Gasteiger partial charge is 0.219 e. The lowest BCUT2D eigenvalue weighted by Crippen LogP contribution is -2.47. The first kappa shape index (κ1) is 20.8. The zero-order chi connectivity index (χ0) is 20.4. The molecule has 1 saturated heterocycles. The Hall–Kier alpha value is -1.93. The van der Waals surface area contributed by atoms with Gasteiger partial charge in [0.25, 0.3) is 0 Å². The van der Waals surface area contributed by atoms with Gasteiger partial charge in [0.05, 0.1) is 12.6 Å². The van der Waals surface area contributed by atoms with Crippen LogP contribution in [0.1, 0.15) is 37.9 Å². The van der Waals surface area contributed by atoms with Crippen molar-refractivity contribution in [3.63, 3.8) is 0 Å². The van der Waals surface area contributed by atoms with E-state index in [0.717, 1.165) is 11.1 Å². The first-order valence-electron chi connectivity index (χ1n) is 9.31. The average molecular weight is 405 g/mol. The Balaban J connectivity index is 1.80. The molecule has 0 saturated carbocycles. The van der Waals surface area contributed by atoms with Crippen molar-refractivity contribution in [2.24, 2.45) is 0 Å². The highest BCUT2D eigenvalue weighted by atomic mass is 32.2. The van der Waals surface area contributed by atoms with Crippen molar-refractivity contribution < 1.29 is 18.0 Å². The van der Waals surface area contributed by atoms with E-state index in [0.29, 0.717) is 12.4 Å². The Bertz CT molecular complexity index is 894. The average Bonchev–Trinajstić information content (AvgIpc) is 3.02. The van der Waals surface area contributed by atoms with Crippen molar-refractivity contribution in [3.8, 4) is 5.75 Å². The number of nitrogens with one attached hydrogen (secondary N) is 1. The van der Waals surface area contributed by atoms with Gasteiger partial charge in [0.2, 0.25) is 10.0 Å². The summed E-state index contributed by atoms with van der Waals surface area (Å²) >= 11 is 0. The Morgan fingerprint density at radius 2 is 1.86 bits per heavy atom. The van der Waals surface area contributed by atoms with E-state index in [9.17, 15) is 8.42 Å². The van der Waals surface area contributed by atoms with Crippen molar-refractivity contribution in [3.05, 3.63) is 65.7 Å². The van der Waals surface area contributed by atoms with Crippen LogP contribution in [0, 0.1) is 0 Å². The maximum absolute atomic E-state index is 12.9. The van der Waals surface area contributed by atoms with Crippen molar-refractivity contribution in [1.82, 2.24) is 9.79 Å². The van der Waals surface area contributed by atoms with Crippen LogP contribution in [0.4, 0.5) is 0 Å². The molecule has 7 heteroatoms. The summed E-state index contributed by atoms with van der Waals surface area (Å²) in [5.74, 6) is 0.696. The second-order valence-corrected chi connectivity index (χ2v) is 9.97. The molecule has 2 aromatic rings. The third-order valence-corrected chi connectivity index (χ3v) is 6.57. The molecule has 0 aliphatic carbocycles. The lowest BCUT2D eigenvalue weighted by Gasteiger charge is -2.27. The molecule has 1 fully saturated rings. The number of sulfonamides is 1. The van der Waals surface area contributed by atoms with Crippen molar-refractivity contribution in [2.75, 3.05) is 13.7 Å². The molecule has 1 aliphatic heterocycles. The number of benzene rings is 2. The maximum Gasteiger partial charge on any atom is 0.219 e. The molecule has 28 heavy (non-hydrogen) atoms. The third kappa shape index (κ3) is 5.11. The van der Waals surface area contributed by atoms with E-state index in [-0.39, 0.29) is 6.61 Å². The summed E-state index contributed by atoms with van der Waals surface area (Å²) in [5, 5.41) is 0.907. The van der Waals surface area contributed by atoms with Gasteiger partial charge in [0, 0.05) is 12.6 Å². The van der Waals surface area contributed by atoms with Gasteiger partial charge in [-0.3, -0.25) is 4.84 Å². The van der Waals surface area contributed by atoms with Crippen LogP contribution in [-0.2, 0) is 21.5 Å². The Morgan fingerprint density at radius 3 is 2.54 bits per heavy atom. The van der Waals surface area contributed by atoms with Gasteiger partial charge in [-0.05, 0) is 44.0 Å². The summed E-state index contributed by atoms with van der Waals surface area (Å²) in [6, 6.07) is 17.0. The topological polar surface area (TPSA) is 67.9 Å². The molecule has 3 rings (SSSR count). The third-order valence-electron chi connectivity index (χ3n) is 4.48. The van der Waals surface area contributed by atoms with Gasteiger partial charge in [0.1, 0.15) is 17.6 Å². The normalized spacial score (nSPS) is 21.0. The van der Waals surface area contributed by atoms with Crippen molar-refractivity contribution >= 4 is 10.0 Å². The predicted octanol–water partition coefficient (Wildman–Crippen LogP) is 3.27. The van der Waals surface area contributed by atoms with Gasteiger partial charge in [-0.25, -0.2) is 13.1 Å². The summed E-state index contributed by atoms with van der Waals surface area (Å²) < 4.78 is 34.5. The van der Waals surface area contributed by atoms with Gasteiger partial charge in [-0.1, -0.05) is 42.5 Å². The van der Waals surface area contributed by atoms with Crippen LogP contribution < -0.4 is 9.46 Å². The van der Waals surface area contributed by atoms with Crippen LogP contribution >= 0.6 is 0 Å². The Labute approximate surface area is 167 Å². The molecule has 1 heterocycles. The fourth-order valence-electron chi connectivity index (χ4n) is 3.31. The first-order chi connectivity index (χ1) is 13.2. The van der Waals surface area contributed by atoms with Crippen LogP contribution in [0.5, 0.6) is 5.75 Å². The summed E-state index contributed by atoms with van der Waals surface area (Å²) in [6.45, 7) is 6.06. The minimum Gasteiger partial charge on any atom is -0.489 e. The predicted molar refractivity (Wildman–Crippen MR) is 109 cm³/mol. The second-order valence-electron chi connectivity index (χ2n) is 8.07. The van der Waals surface area contributed by atoms with E-state index in [1.54, 1.807) is 12.1 Å². The lowest BCUT2D eigenvalue weighted by atomic mass is 10.0. The minimum atomic E-state index is -3.57.